The average Bonchev–Trinajstić information content (AvgIpc) is 2.23. The van der Waals surface area contributed by atoms with Gasteiger partial charge < -0.3 is 5.32 Å². The third-order valence-corrected chi connectivity index (χ3v) is 3.57. The predicted molar refractivity (Wildman–Crippen MR) is 60.8 cm³/mol. The molecule has 0 saturated carbocycles. The number of carbonyl (C=O) groups excluding carboxylic acids is 1. The smallest absolute Gasteiger partial charge is 0.315 e. The van der Waals surface area contributed by atoms with Crippen molar-refractivity contribution in [2.45, 2.75) is 38.3 Å². The van der Waals surface area contributed by atoms with Crippen molar-refractivity contribution in [1.29, 1.82) is 0 Å². The van der Waals surface area contributed by atoms with Gasteiger partial charge in [0.15, 0.2) is 0 Å². The molecular weight excluding hydrogens is 212 g/mol. The molecule has 2 atom stereocenters. The molecule has 1 amide bonds. The minimum absolute atomic E-state index is 0.00722. The van der Waals surface area contributed by atoms with Crippen molar-refractivity contribution in [3.8, 4) is 0 Å². The van der Waals surface area contributed by atoms with Crippen LogP contribution in [0.15, 0.2) is 12.2 Å². The van der Waals surface area contributed by atoms with E-state index in [-0.39, 0.29) is 11.6 Å². The van der Waals surface area contributed by atoms with Crippen LogP contribution in [0.2, 0.25) is 0 Å². The lowest BCUT2D eigenvalue weighted by Crippen LogP contribution is -2.58. The Morgan fingerprint density at radius 2 is 2.27 bits per heavy atom. The molecule has 1 saturated heterocycles. The molecule has 84 valence electrons. The van der Waals surface area contributed by atoms with Crippen LogP contribution in [0.4, 0.5) is 4.79 Å². The number of amides is 1. The van der Waals surface area contributed by atoms with Crippen LogP contribution >= 0.6 is 11.6 Å². The molecule has 1 heterocycles. The number of halogens is 1. The van der Waals surface area contributed by atoms with E-state index >= 15 is 0 Å². The van der Waals surface area contributed by atoms with Crippen molar-refractivity contribution in [2.24, 2.45) is 5.41 Å². The van der Waals surface area contributed by atoms with Gasteiger partial charge in [-0.1, -0.05) is 12.2 Å². The zero-order valence-electron chi connectivity index (χ0n) is 8.76. The van der Waals surface area contributed by atoms with Crippen LogP contribution in [-0.4, -0.2) is 18.1 Å². The lowest BCUT2D eigenvalue weighted by molar-refractivity contribution is 0.148. The van der Waals surface area contributed by atoms with E-state index in [0.29, 0.717) is 0 Å². The van der Waals surface area contributed by atoms with E-state index in [9.17, 15) is 4.79 Å². The maximum Gasteiger partial charge on any atom is 0.315 e. The van der Waals surface area contributed by atoms with E-state index in [2.05, 4.69) is 22.8 Å². The number of rotatable bonds is 1. The van der Waals surface area contributed by atoms with Crippen LogP contribution in [0.3, 0.4) is 0 Å². The van der Waals surface area contributed by atoms with Crippen molar-refractivity contribution in [3.63, 3.8) is 0 Å². The van der Waals surface area contributed by atoms with E-state index in [1.807, 2.05) is 0 Å². The van der Waals surface area contributed by atoms with Gasteiger partial charge in [-0.05, 0) is 50.2 Å². The molecule has 1 aliphatic heterocycles. The number of nitrogens with one attached hydrogen (secondary N) is 2. The van der Waals surface area contributed by atoms with Crippen molar-refractivity contribution in [3.05, 3.63) is 12.2 Å². The van der Waals surface area contributed by atoms with Crippen LogP contribution in [0.1, 0.15) is 32.1 Å². The van der Waals surface area contributed by atoms with Gasteiger partial charge in [0.25, 0.3) is 0 Å². The Bertz CT molecular complexity index is 280. The summed E-state index contributed by atoms with van der Waals surface area (Å²) in [5, 5.41) is 5.68. The molecule has 0 radical (unpaired) electrons. The fraction of sp³-hybridized carbons (Fsp3) is 0.727. The van der Waals surface area contributed by atoms with Gasteiger partial charge >= 0.3 is 5.37 Å². The maximum atomic E-state index is 10.9. The van der Waals surface area contributed by atoms with Crippen LogP contribution in [0, 0.1) is 5.41 Å². The van der Waals surface area contributed by atoms with E-state index in [0.717, 1.165) is 25.8 Å². The lowest BCUT2D eigenvalue weighted by atomic mass is 9.71. The van der Waals surface area contributed by atoms with Gasteiger partial charge in [-0.25, -0.2) is 0 Å². The molecule has 0 aromatic carbocycles. The second-order valence-corrected chi connectivity index (χ2v) is 4.78. The van der Waals surface area contributed by atoms with Gasteiger partial charge in [-0.3, -0.25) is 10.1 Å². The first-order valence-corrected chi connectivity index (χ1v) is 5.98. The summed E-state index contributed by atoms with van der Waals surface area (Å²) < 4.78 is 0. The Labute approximate surface area is 95.3 Å². The van der Waals surface area contributed by atoms with E-state index in [1.165, 1.54) is 12.8 Å². The van der Waals surface area contributed by atoms with Gasteiger partial charge in [0.2, 0.25) is 0 Å². The third-order valence-electron chi connectivity index (χ3n) is 3.46. The normalized spacial score (nSPS) is 35.4. The molecule has 0 aromatic heterocycles. The summed E-state index contributed by atoms with van der Waals surface area (Å²) in [6.07, 6.45) is 10.3. The second kappa shape index (κ2) is 4.54. The molecule has 15 heavy (non-hydrogen) atoms. The number of hydrogen-bond acceptors (Lipinski definition) is 2. The van der Waals surface area contributed by atoms with Gasteiger partial charge in [-0.2, -0.15) is 0 Å². The van der Waals surface area contributed by atoms with Gasteiger partial charge in [0.05, 0.1) is 6.17 Å². The van der Waals surface area contributed by atoms with Crippen molar-refractivity contribution >= 4 is 17.0 Å². The number of piperidine rings is 1. The molecule has 4 heteroatoms. The standard InChI is InChI=1S/C11H17ClN2O/c12-10(15)14-9-11(7-4-8-13-9)5-2-1-3-6-11/h2,5,9,13H,1,3-4,6-8H2,(H,14,15). The zero-order valence-corrected chi connectivity index (χ0v) is 9.52. The molecular formula is C11H17ClN2O. The average molecular weight is 229 g/mol. The molecule has 2 aliphatic rings. The van der Waals surface area contributed by atoms with E-state index < -0.39 is 5.37 Å². The molecule has 2 unspecified atom stereocenters. The highest BCUT2D eigenvalue weighted by atomic mass is 35.5. The SMILES string of the molecule is O=C(Cl)NC1NCCCC12C=CCCC2. The molecule has 0 aromatic rings. The number of hydrogen-bond donors (Lipinski definition) is 2. The zero-order chi connectivity index (χ0) is 10.7. The molecule has 2 rings (SSSR count). The summed E-state index contributed by atoms with van der Waals surface area (Å²) in [5.74, 6) is 0. The summed E-state index contributed by atoms with van der Waals surface area (Å²) in [4.78, 5) is 10.9. The van der Waals surface area contributed by atoms with Crippen LogP contribution in [-0.2, 0) is 0 Å². The van der Waals surface area contributed by atoms with Crippen LogP contribution in [0.5, 0.6) is 0 Å². The highest BCUT2D eigenvalue weighted by Crippen LogP contribution is 2.40. The summed E-state index contributed by atoms with van der Waals surface area (Å²) in [7, 11) is 0. The topological polar surface area (TPSA) is 41.1 Å². The number of allylic oxidation sites excluding steroid dienone is 1. The first-order chi connectivity index (χ1) is 7.23. The third kappa shape index (κ3) is 2.34. The Kier molecular flexibility index (Phi) is 3.32. The van der Waals surface area contributed by atoms with Crippen molar-refractivity contribution in [1.82, 2.24) is 10.6 Å². The molecule has 1 spiro atoms. The van der Waals surface area contributed by atoms with Crippen LogP contribution in [0.25, 0.3) is 0 Å². The van der Waals surface area contributed by atoms with Gasteiger partial charge in [0, 0.05) is 5.41 Å². The fourth-order valence-corrected chi connectivity index (χ4v) is 2.83. The summed E-state index contributed by atoms with van der Waals surface area (Å²) in [5.41, 5.74) is 0.0983. The van der Waals surface area contributed by atoms with Crippen molar-refractivity contribution in [2.75, 3.05) is 6.54 Å². The second-order valence-electron chi connectivity index (χ2n) is 4.44. The van der Waals surface area contributed by atoms with Gasteiger partial charge in [0.1, 0.15) is 0 Å². The summed E-state index contributed by atoms with van der Waals surface area (Å²) in [6, 6.07) is 0. The first-order valence-electron chi connectivity index (χ1n) is 5.60. The van der Waals surface area contributed by atoms with Crippen LogP contribution < -0.4 is 10.6 Å². The monoisotopic (exact) mass is 228 g/mol. The molecule has 1 fully saturated rings. The maximum absolute atomic E-state index is 10.9. The minimum atomic E-state index is -0.465. The Hall–Kier alpha value is -0.540. The first kappa shape index (κ1) is 11.0. The fourth-order valence-electron chi connectivity index (χ4n) is 2.72. The van der Waals surface area contributed by atoms with E-state index in [4.69, 9.17) is 11.6 Å². The Balaban J connectivity index is 2.13. The Morgan fingerprint density at radius 3 is 2.93 bits per heavy atom. The van der Waals surface area contributed by atoms with E-state index in [1.54, 1.807) is 0 Å². The summed E-state index contributed by atoms with van der Waals surface area (Å²) in [6.45, 7) is 0.956. The summed E-state index contributed by atoms with van der Waals surface area (Å²) >= 11 is 5.40. The molecule has 0 bridgehead atoms. The largest absolute Gasteiger partial charge is 0.326 e. The molecule has 1 aliphatic carbocycles. The quantitative estimate of drug-likeness (QED) is 0.411. The highest BCUT2D eigenvalue weighted by molar-refractivity contribution is 6.63. The van der Waals surface area contributed by atoms with Crippen molar-refractivity contribution < 1.29 is 4.79 Å². The lowest BCUT2D eigenvalue weighted by Gasteiger charge is -2.44. The Morgan fingerprint density at radius 1 is 1.47 bits per heavy atom. The molecule has 3 nitrogen and oxygen atoms in total. The number of carbonyl (C=O) groups is 1. The highest BCUT2D eigenvalue weighted by Gasteiger charge is 2.39. The predicted octanol–water partition coefficient (Wildman–Crippen LogP) is 2.37. The van der Waals surface area contributed by atoms with Gasteiger partial charge in [-0.15, -0.1) is 0 Å². The molecule has 2 N–H and O–H groups in total. The minimum Gasteiger partial charge on any atom is -0.326 e.